The molecule has 0 spiro atoms. The predicted molar refractivity (Wildman–Crippen MR) is 108 cm³/mol. The molecular formula is C22H27N3O3. The summed E-state index contributed by atoms with van der Waals surface area (Å²) < 4.78 is 5.50. The van der Waals surface area contributed by atoms with Crippen LogP contribution in [0.25, 0.3) is 0 Å². The first kappa shape index (κ1) is 19.7. The normalized spacial score (nSPS) is 15.9. The Hall–Kier alpha value is -3.02. The molecule has 148 valence electrons. The van der Waals surface area contributed by atoms with Crippen LogP contribution in [0.3, 0.4) is 0 Å². The van der Waals surface area contributed by atoms with Gasteiger partial charge in [0.05, 0.1) is 12.6 Å². The molecule has 3 rings (SSSR count). The summed E-state index contributed by atoms with van der Waals surface area (Å²) in [6, 6.07) is 15.3. The molecular weight excluding hydrogens is 354 g/mol. The van der Waals surface area contributed by atoms with Crippen molar-refractivity contribution in [3.8, 4) is 5.75 Å². The van der Waals surface area contributed by atoms with Crippen LogP contribution >= 0.6 is 0 Å². The van der Waals surface area contributed by atoms with Crippen LogP contribution in [0.5, 0.6) is 5.75 Å². The first-order valence-electron chi connectivity index (χ1n) is 9.70. The van der Waals surface area contributed by atoms with Crippen molar-refractivity contribution < 1.29 is 14.3 Å². The standard InChI is InChI=1S/C22H27N3O3/c1-3-28-19-11-9-17(10-12-19)20-8-5-13-25(20)22(27)24-15-16-6-4-7-18(14-16)21(26)23-2/h4,6-7,9-12,14,20H,3,5,8,13,15H2,1-2H3,(H,23,26)(H,24,27). The summed E-state index contributed by atoms with van der Waals surface area (Å²) in [7, 11) is 1.60. The Kier molecular flexibility index (Phi) is 6.53. The van der Waals surface area contributed by atoms with Gasteiger partial charge in [-0.25, -0.2) is 4.79 Å². The monoisotopic (exact) mass is 381 g/mol. The maximum atomic E-state index is 12.8. The van der Waals surface area contributed by atoms with Gasteiger partial charge in [-0.2, -0.15) is 0 Å². The molecule has 0 aliphatic carbocycles. The predicted octanol–water partition coefficient (Wildman–Crippen LogP) is 3.49. The number of benzene rings is 2. The molecule has 0 aromatic heterocycles. The highest BCUT2D eigenvalue weighted by Gasteiger charge is 2.29. The Labute approximate surface area is 165 Å². The van der Waals surface area contributed by atoms with Gasteiger partial charge in [0.15, 0.2) is 0 Å². The van der Waals surface area contributed by atoms with E-state index < -0.39 is 0 Å². The van der Waals surface area contributed by atoms with Gasteiger partial charge in [0.25, 0.3) is 5.91 Å². The highest BCUT2D eigenvalue weighted by molar-refractivity contribution is 5.94. The molecule has 2 aromatic rings. The van der Waals surface area contributed by atoms with Crippen LogP contribution < -0.4 is 15.4 Å². The molecule has 0 saturated carbocycles. The largest absolute Gasteiger partial charge is 0.494 e. The second kappa shape index (κ2) is 9.26. The van der Waals surface area contributed by atoms with E-state index in [4.69, 9.17) is 4.74 Å². The minimum absolute atomic E-state index is 0.0767. The van der Waals surface area contributed by atoms with Crippen molar-refractivity contribution in [2.45, 2.75) is 32.4 Å². The first-order valence-corrected chi connectivity index (χ1v) is 9.70. The van der Waals surface area contributed by atoms with Crippen molar-refractivity contribution in [2.75, 3.05) is 20.2 Å². The summed E-state index contributed by atoms with van der Waals surface area (Å²) in [5.41, 5.74) is 2.60. The van der Waals surface area contributed by atoms with Crippen molar-refractivity contribution in [1.29, 1.82) is 0 Å². The van der Waals surface area contributed by atoms with E-state index in [1.54, 1.807) is 19.2 Å². The summed E-state index contributed by atoms with van der Waals surface area (Å²) in [4.78, 5) is 26.4. The van der Waals surface area contributed by atoms with Crippen LogP contribution in [0.1, 0.15) is 47.3 Å². The van der Waals surface area contributed by atoms with E-state index in [1.807, 2.05) is 48.2 Å². The van der Waals surface area contributed by atoms with Gasteiger partial charge in [-0.05, 0) is 55.2 Å². The van der Waals surface area contributed by atoms with Gasteiger partial charge >= 0.3 is 6.03 Å². The number of carbonyl (C=O) groups is 2. The lowest BCUT2D eigenvalue weighted by atomic mass is 10.0. The fraction of sp³-hybridized carbons (Fsp3) is 0.364. The van der Waals surface area contributed by atoms with E-state index in [0.717, 1.165) is 36.3 Å². The number of rotatable bonds is 6. The van der Waals surface area contributed by atoms with Gasteiger partial charge in [0, 0.05) is 25.7 Å². The molecule has 0 radical (unpaired) electrons. The van der Waals surface area contributed by atoms with Gasteiger partial charge < -0.3 is 20.3 Å². The molecule has 1 aliphatic heterocycles. The average molecular weight is 381 g/mol. The number of urea groups is 1. The maximum Gasteiger partial charge on any atom is 0.318 e. The number of carbonyl (C=O) groups excluding carboxylic acids is 2. The van der Waals surface area contributed by atoms with Crippen molar-refractivity contribution in [3.05, 3.63) is 65.2 Å². The lowest BCUT2D eigenvalue weighted by Crippen LogP contribution is -2.39. The Balaban J connectivity index is 1.62. The SMILES string of the molecule is CCOc1ccc(C2CCCN2C(=O)NCc2cccc(C(=O)NC)c2)cc1. The first-order chi connectivity index (χ1) is 13.6. The Morgan fingerprint density at radius 3 is 2.68 bits per heavy atom. The van der Waals surface area contributed by atoms with Gasteiger partial charge in [-0.3, -0.25) is 4.79 Å². The van der Waals surface area contributed by atoms with Gasteiger partial charge in [-0.1, -0.05) is 24.3 Å². The van der Waals surface area contributed by atoms with E-state index >= 15 is 0 Å². The number of nitrogens with one attached hydrogen (secondary N) is 2. The molecule has 0 bridgehead atoms. The average Bonchev–Trinajstić information content (AvgIpc) is 3.22. The van der Waals surface area contributed by atoms with E-state index in [1.165, 1.54) is 0 Å². The van der Waals surface area contributed by atoms with Crippen LogP contribution in [0.4, 0.5) is 4.79 Å². The molecule has 28 heavy (non-hydrogen) atoms. The molecule has 1 fully saturated rings. The van der Waals surface area contributed by atoms with Crippen molar-refractivity contribution in [1.82, 2.24) is 15.5 Å². The zero-order chi connectivity index (χ0) is 19.9. The molecule has 1 atom stereocenters. The van der Waals surface area contributed by atoms with Crippen LogP contribution in [0.15, 0.2) is 48.5 Å². The Morgan fingerprint density at radius 2 is 1.96 bits per heavy atom. The van der Waals surface area contributed by atoms with Gasteiger partial charge in [0.2, 0.25) is 0 Å². The topological polar surface area (TPSA) is 70.7 Å². The lowest BCUT2D eigenvalue weighted by Gasteiger charge is -2.25. The van der Waals surface area contributed by atoms with E-state index in [-0.39, 0.29) is 18.0 Å². The molecule has 3 amide bonds. The zero-order valence-electron chi connectivity index (χ0n) is 16.4. The summed E-state index contributed by atoms with van der Waals surface area (Å²) >= 11 is 0. The van der Waals surface area contributed by atoms with Gasteiger partial charge in [0.1, 0.15) is 5.75 Å². The fourth-order valence-corrected chi connectivity index (χ4v) is 3.56. The second-order valence-corrected chi connectivity index (χ2v) is 6.79. The summed E-state index contributed by atoms with van der Waals surface area (Å²) in [6.45, 7) is 3.72. The minimum Gasteiger partial charge on any atom is -0.494 e. The molecule has 1 unspecified atom stereocenters. The van der Waals surface area contributed by atoms with E-state index in [2.05, 4.69) is 10.6 Å². The number of hydrogen-bond donors (Lipinski definition) is 2. The number of hydrogen-bond acceptors (Lipinski definition) is 3. The van der Waals surface area contributed by atoms with E-state index in [0.29, 0.717) is 18.7 Å². The molecule has 1 saturated heterocycles. The number of amides is 3. The minimum atomic E-state index is -0.136. The fourth-order valence-electron chi connectivity index (χ4n) is 3.56. The summed E-state index contributed by atoms with van der Waals surface area (Å²) in [6.07, 6.45) is 1.94. The second-order valence-electron chi connectivity index (χ2n) is 6.79. The third-order valence-corrected chi connectivity index (χ3v) is 4.95. The van der Waals surface area contributed by atoms with Crippen molar-refractivity contribution in [2.24, 2.45) is 0 Å². The van der Waals surface area contributed by atoms with Crippen molar-refractivity contribution >= 4 is 11.9 Å². The van der Waals surface area contributed by atoms with Crippen LogP contribution in [0, 0.1) is 0 Å². The molecule has 6 heteroatoms. The molecule has 2 aromatic carbocycles. The summed E-state index contributed by atoms with van der Waals surface area (Å²) in [5.74, 6) is 0.708. The smallest absolute Gasteiger partial charge is 0.318 e. The maximum absolute atomic E-state index is 12.8. The Morgan fingerprint density at radius 1 is 1.18 bits per heavy atom. The molecule has 1 aliphatic rings. The molecule has 2 N–H and O–H groups in total. The third-order valence-electron chi connectivity index (χ3n) is 4.95. The Bertz CT molecular complexity index is 820. The van der Waals surface area contributed by atoms with Crippen LogP contribution in [-0.4, -0.2) is 37.0 Å². The van der Waals surface area contributed by atoms with E-state index in [9.17, 15) is 9.59 Å². The number of nitrogens with zero attached hydrogens (tertiary/aromatic N) is 1. The zero-order valence-corrected chi connectivity index (χ0v) is 16.4. The highest BCUT2D eigenvalue weighted by Crippen LogP contribution is 2.32. The highest BCUT2D eigenvalue weighted by atomic mass is 16.5. The molecule has 6 nitrogen and oxygen atoms in total. The lowest BCUT2D eigenvalue weighted by molar-refractivity contribution is 0.0963. The number of ether oxygens (including phenoxy) is 1. The quantitative estimate of drug-likeness (QED) is 0.805. The summed E-state index contributed by atoms with van der Waals surface area (Å²) in [5, 5.41) is 5.60. The van der Waals surface area contributed by atoms with Crippen LogP contribution in [-0.2, 0) is 6.54 Å². The van der Waals surface area contributed by atoms with Crippen molar-refractivity contribution in [3.63, 3.8) is 0 Å². The molecule has 1 heterocycles. The number of likely N-dealkylation sites (tertiary alicyclic amines) is 1. The van der Waals surface area contributed by atoms with Gasteiger partial charge in [-0.15, -0.1) is 0 Å². The third kappa shape index (κ3) is 4.63. The van der Waals surface area contributed by atoms with Crippen LogP contribution in [0.2, 0.25) is 0 Å².